The van der Waals surface area contributed by atoms with Crippen molar-refractivity contribution < 1.29 is 0 Å². The molecule has 0 spiro atoms. The normalized spacial score (nSPS) is 10.3. The third-order valence-corrected chi connectivity index (χ3v) is 2.96. The molecule has 0 saturated carbocycles. The van der Waals surface area contributed by atoms with Gasteiger partial charge >= 0.3 is 0 Å². The standard InChI is InChI=1S/C11H14N4S/c1-3-5-15-6-4-12-11(15)13-7-10-8-16-9(2)14-10/h3-4,6,8H,1,5,7H2,2H3,(H,12,13). The third-order valence-electron chi connectivity index (χ3n) is 2.14. The zero-order chi connectivity index (χ0) is 11.4. The highest BCUT2D eigenvalue weighted by Gasteiger charge is 2.02. The molecule has 5 heteroatoms. The van der Waals surface area contributed by atoms with E-state index in [0.717, 1.165) is 23.2 Å². The summed E-state index contributed by atoms with van der Waals surface area (Å²) < 4.78 is 2.01. The summed E-state index contributed by atoms with van der Waals surface area (Å²) in [6, 6.07) is 0. The summed E-state index contributed by atoms with van der Waals surface area (Å²) in [5, 5.41) is 6.40. The first-order valence-corrected chi connectivity index (χ1v) is 5.94. The average Bonchev–Trinajstić information content (AvgIpc) is 2.85. The highest BCUT2D eigenvalue weighted by atomic mass is 32.1. The fraction of sp³-hybridized carbons (Fsp3) is 0.273. The molecule has 84 valence electrons. The lowest BCUT2D eigenvalue weighted by Gasteiger charge is -2.06. The lowest BCUT2D eigenvalue weighted by atomic mass is 10.5. The highest BCUT2D eigenvalue weighted by Crippen LogP contribution is 2.10. The number of imidazole rings is 1. The number of aryl methyl sites for hydroxylation is 1. The number of thiazole rings is 1. The Balaban J connectivity index is 1.98. The largest absolute Gasteiger partial charge is 0.350 e. The second-order valence-electron chi connectivity index (χ2n) is 3.40. The van der Waals surface area contributed by atoms with E-state index in [1.165, 1.54) is 0 Å². The monoisotopic (exact) mass is 234 g/mol. The van der Waals surface area contributed by atoms with E-state index in [0.29, 0.717) is 6.54 Å². The van der Waals surface area contributed by atoms with Gasteiger partial charge in [-0.05, 0) is 6.92 Å². The number of hydrogen-bond donors (Lipinski definition) is 1. The van der Waals surface area contributed by atoms with E-state index in [-0.39, 0.29) is 0 Å². The molecule has 2 aromatic rings. The summed E-state index contributed by atoms with van der Waals surface area (Å²) >= 11 is 1.66. The van der Waals surface area contributed by atoms with Crippen LogP contribution in [0.1, 0.15) is 10.7 Å². The number of anilines is 1. The highest BCUT2D eigenvalue weighted by molar-refractivity contribution is 7.09. The van der Waals surface area contributed by atoms with Gasteiger partial charge in [0.1, 0.15) is 0 Å². The number of nitrogens with zero attached hydrogens (tertiary/aromatic N) is 3. The molecule has 0 aliphatic rings. The maximum Gasteiger partial charge on any atom is 0.203 e. The van der Waals surface area contributed by atoms with Gasteiger partial charge in [0.25, 0.3) is 0 Å². The molecule has 16 heavy (non-hydrogen) atoms. The molecular weight excluding hydrogens is 220 g/mol. The Bertz CT molecular complexity index is 472. The van der Waals surface area contributed by atoms with E-state index in [4.69, 9.17) is 0 Å². The van der Waals surface area contributed by atoms with E-state index in [1.54, 1.807) is 17.5 Å². The Labute approximate surface area is 98.7 Å². The minimum Gasteiger partial charge on any atom is -0.350 e. The van der Waals surface area contributed by atoms with E-state index >= 15 is 0 Å². The lowest BCUT2D eigenvalue weighted by Crippen LogP contribution is -2.06. The van der Waals surface area contributed by atoms with Gasteiger partial charge in [-0.15, -0.1) is 17.9 Å². The van der Waals surface area contributed by atoms with E-state index in [1.807, 2.05) is 23.8 Å². The predicted octanol–water partition coefficient (Wildman–Crippen LogP) is 2.45. The van der Waals surface area contributed by atoms with Crippen molar-refractivity contribution in [2.75, 3.05) is 5.32 Å². The maximum absolute atomic E-state index is 4.38. The zero-order valence-corrected chi connectivity index (χ0v) is 10.00. The number of allylic oxidation sites excluding steroid dienone is 1. The number of rotatable bonds is 5. The molecule has 0 amide bonds. The molecule has 2 heterocycles. The first-order valence-electron chi connectivity index (χ1n) is 5.06. The smallest absolute Gasteiger partial charge is 0.203 e. The van der Waals surface area contributed by atoms with Crippen LogP contribution in [0.4, 0.5) is 5.95 Å². The second-order valence-corrected chi connectivity index (χ2v) is 4.47. The fourth-order valence-electron chi connectivity index (χ4n) is 1.42. The van der Waals surface area contributed by atoms with Gasteiger partial charge in [-0.2, -0.15) is 0 Å². The van der Waals surface area contributed by atoms with Crippen molar-refractivity contribution in [3.8, 4) is 0 Å². The number of aromatic nitrogens is 3. The zero-order valence-electron chi connectivity index (χ0n) is 9.18. The quantitative estimate of drug-likeness (QED) is 0.808. The summed E-state index contributed by atoms with van der Waals surface area (Å²) in [5.41, 5.74) is 1.05. The first-order chi connectivity index (χ1) is 7.79. The molecule has 1 N–H and O–H groups in total. The second kappa shape index (κ2) is 4.94. The molecule has 0 aliphatic heterocycles. The van der Waals surface area contributed by atoms with Crippen LogP contribution < -0.4 is 5.32 Å². The lowest BCUT2D eigenvalue weighted by molar-refractivity contribution is 0.817. The van der Waals surface area contributed by atoms with Gasteiger partial charge < -0.3 is 9.88 Å². The van der Waals surface area contributed by atoms with Crippen LogP contribution in [-0.2, 0) is 13.1 Å². The SMILES string of the molecule is C=CCn1ccnc1NCc1csc(C)n1. The van der Waals surface area contributed by atoms with Gasteiger partial charge in [-0.25, -0.2) is 9.97 Å². The molecule has 0 saturated heterocycles. The van der Waals surface area contributed by atoms with Crippen LogP contribution in [0.5, 0.6) is 0 Å². The van der Waals surface area contributed by atoms with Gasteiger partial charge in [0.15, 0.2) is 0 Å². The Hall–Kier alpha value is -1.62. The number of hydrogen-bond acceptors (Lipinski definition) is 4. The molecule has 0 radical (unpaired) electrons. The van der Waals surface area contributed by atoms with Gasteiger partial charge in [0, 0.05) is 24.3 Å². The summed E-state index contributed by atoms with van der Waals surface area (Å²) in [7, 11) is 0. The van der Waals surface area contributed by atoms with Crippen molar-refractivity contribution in [3.63, 3.8) is 0 Å². The molecule has 0 aliphatic carbocycles. The number of nitrogens with one attached hydrogen (secondary N) is 1. The van der Waals surface area contributed by atoms with Crippen LogP contribution in [0.25, 0.3) is 0 Å². The molecule has 0 atom stereocenters. The van der Waals surface area contributed by atoms with Crippen LogP contribution in [0, 0.1) is 6.92 Å². The molecule has 4 nitrogen and oxygen atoms in total. The van der Waals surface area contributed by atoms with Crippen LogP contribution in [-0.4, -0.2) is 14.5 Å². The van der Waals surface area contributed by atoms with Crippen molar-refractivity contribution in [1.82, 2.24) is 14.5 Å². The third kappa shape index (κ3) is 2.49. The van der Waals surface area contributed by atoms with Crippen LogP contribution in [0.15, 0.2) is 30.4 Å². The predicted molar refractivity (Wildman–Crippen MR) is 66.6 cm³/mol. The summed E-state index contributed by atoms with van der Waals surface area (Å²) in [6.07, 6.45) is 5.55. The minimum atomic E-state index is 0.707. The van der Waals surface area contributed by atoms with Crippen LogP contribution in [0.3, 0.4) is 0 Å². The molecule has 0 bridgehead atoms. The van der Waals surface area contributed by atoms with E-state index in [2.05, 4.69) is 27.2 Å². The van der Waals surface area contributed by atoms with Gasteiger partial charge in [0.2, 0.25) is 5.95 Å². The topological polar surface area (TPSA) is 42.7 Å². The molecular formula is C11H14N4S. The summed E-state index contributed by atoms with van der Waals surface area (Å²) in [6.45, 7) is 7.19. The Kier molecular flexibility index (Phi) is 3.36. The van der Waals surface area contributed by atoms with E-state index < -0.39 is 0 Å². The van der Waals surface area contributed by atoms with Gasteiger partial charge in [-0.1, -0.05) is 6.08 Å². The summed E-state index contributed by atoms with van der Waals surface area (Å²) in [4.78, 5) is 8.62. The molecule has 2 aromatic heterocycles. The van der Waals surface area contributed by atoms with E-state index in [9.17, 15) is 0 Å². The van der Waals surface area contributed by atoms with Crippen molar-refractivity contribution >= 4 is 17.3 Å². The Morgan fingerprint density at radius 3 is 3.19 bits per heavy atom. The molecule has 0 fully saturated rings. The van der Waals surface area contributed by atoms with Gasteiger partial charge in [0.05, 0.1) is 17.2 Å². The first kappa shape index (κ1) is 10.9. The van der Waals surface area contributed by atoms with Crippen molar-refractivity contribution in [2.45, 2.75) is 20.0 Å². The Morgan fingerprint density at radius 1 is 1.62 bits per heavy atom. The van der Waals surface area contributed by atoms with Gasteiger partial charge in [-0.3, -0.25) is 0 Å². The molecule has 2 rings (SSSR count). The molecule has 0 aromatic carbocycles. The van der Waals surface area contributed by atoms with Crippen LogP contribution in [0.2, 0.25) is 0 Å². The average molecular weight is 234 g/mol. The van der Waals surface area contributed by atoms with Crippen molar-refractivity contribution in [3.05, 3.63) is 41.1 Å². The summed E-state index contributed by atoms with van der Waals surface area (Å²) in [5.74, 6) is 0.852. The van der Waals surface area contributed by atoms with Crippen molar-refractivity contribution in [1.29, 1.82) is 0 Å². The minimum absolute atomic E-state index is 0.707. The molecule has 0 unspecified atom stereocenters. The van der Waals surface area contributed by atoms with Crippen LogP contribution >= 0.6 is 11.3 Å². The van der Waals surface area contributed by atoms with Crippen molar-refractivity contribution in [2.24, 2.45) is 0 Å². The Morgan fingerprint density at radius 2 is 2.50 bits per heavy atom. The fourth-order valence-corrected chi connectivity index (χ4v) is 2.03. The maximum atomic E-state index is 4.38.